The summed E-state index contributed by atoms with van der Waals surface area (Å²) in [5.74, 6) is -1.65. The first kappa shape index (κ1) is 18.6. The average molecular weight is 324 g/mol. The summed E-state index contributed by atoms with van der Waals surface area (Å²) in [4.78, 5) is 33.7. The van der Waals surface area contributed by atoms with Crippen molar-refractivity contribution in [2.24, 2.45) is 0 Å². The van der Waals surface area contributed by atoms with E-state index in [4.69, 9.17) is 14.6 Å². The molecular weight excluding hydrogens is 304 g/mol. The fourth-order valence-electron chi connectivity index (χ4n) is 1.59. The molecule has 23 heavy (non-hydrogen) atoms. The van der Waals surface area contributed by atoms with E-state index in [0.29, 0.717) is 24.5 Å². The summed E-state index contributed by atoms with van der Waals surface area (Å²) in [6.07, 6.45) is -0.136. The summed E-state index contributed by atoms with van der Waals surface area (Å²) in [5, 5.41) is 13.6. The van der Waals surface area contributed by atoms with E-state index >= 15 is 0 Å². The van der Waals surface area contributed by atoms with E-state index in [1.54, 1.807) is 19.2 Å². The van der Waals surface area contributed by atoms with E-state index in [1.165, 1.54) is 12.1 Å². The molecule has 0 bridgehead atoms. The summed E-state index contributed by atoms with van der Waals surface area (Å²) >= 11 is 0. The van der Waals surface area contributed by atoms with Crippen LogP contribution >= 0.6 is 0 Å². The molecule has 0 aliphatic rings. The zero-order valence-corrected chi connectivity index (χ0v) is 12.8. The minimum Gasteiger partial charge on any atom is -0.481 e. The fraction of sp³-hybridized carbons (Fsp3) is 0.400. The van der Waals surface area contributed by atoms with E-state index in [0.717, 1.165) is 0 Å². The molecule has 0 heterocycles. The number of aliphatic carboxylic acids is 1. The second kappa shape index (κ2) is 10.3. The van der Waals surface area contributed by atoms with Crippen LogP contribution in [0.5, 0.6) is 0 Å². The standard InChI is InChI=1S/C15H20N2O6/c1-22-8-9-23-10-13(18)17-12-4-2-11(3-5-12)15(21)16-7-6-14(19)20/h2-5H,6-10H2,1H3,(H,16,21)(H,17,18)(H,19,20). The number of benzene rings is 1. The molecule has 0 fully saturated rings. The molecule has 1 rings (SSSR count). The van der Waals surface area contributed by atoms with Crippen LogP contribution in [0.2, 0.25) is 0 Å². The second-order valence-electron chi connectivity index (χ2n) is 4.57. The highest BCUT2D eigenvalue weighted by atomic mass is 16.5. The first-order valence-electron chi connectivity index (χ1n) is 6.99. The number of hydrogen-bond donors (Lipinski definition) is 3. The Hall–Kier alpha value is -2.45. The Morgan fingerprint density at radius 1 is 1.13 bits per heavy atom. The van der Waals surface area contributed by atoms with Gasteiger partial charge in [0, 0.05) is 24.9 Å². The number of carboxylic acid groups (broad SMARTS) is 1. The Morgan fingerprint density at radius 2 is 1.83 bits per heavy atom. The molecule has 8 heteroatoms. The van der Waals surface area contributed by atoms with Gasteiger partial charge >= 0.3 is 5.97 Å². The number of nitrogens with one attached hydrogen (secondary N) is 2. The minimum atomic E-state index is -0.976. The number of ether oxygens (including phenoxy) is 2. The third-order valence-electron chi connectivity index (χ3n) is 2.72. The molecule has 126 valence electrons. The van der Waals surface area contributed by atoms with Gasteiger partial charge in [0.15, 0.2) is 0 Å². The molecule has 0 unspecified atom stereocenters. The molecule has 3 N–H and O–H groups in total. The molecular formula is C15H20N2O6. The van der Waals surface area contributed by atoms with Gasteiger partial charge in [-0.1, -0.05) is 0 Å². The summed E-state index contributed by atoms with van der Waals surface area (Å²) < 4.78 is 9.88. The van der Waals surface area contributed by atoms with Gasteiger partial charge in [-0.2, -0.15) is 0 Å². The van der Waals surface area contributed by atoms with Crippen LogP contribution in [0.4, 0.5) is 5.69 Å². The maximum atomic E-state index is 11.7. The Balaban J connectivity index is 2.39. The number of anilines is 1. The summed E-state index contributed by atoms with van der Waals surface area (Å²) in [6, 6.07) is 6.24. The van der Waals surface area contributed by atoms with Crippen molar-refractivity contribution in [3.05, 3.63) is 29.8 Å². The molecule has 0 aromatic heterocycles. The van der Waals surface area contributed by atoms with E-state index in [9.17, 15) is 14.4 Å². The molecule has 0 aliphatic carbocycles. The quantitative estimate of drug-likeness (QED) is 0.540. The van der Waals surface area contributed by atoms with Crippen LogP contribution in [-0.2, 0) is 19.1 Å². The second-order valence-corrected chi connectivity index (χ2v) is 4.57. The van der Waals surface area contributed by atoms with Gasteiger partial charge < -0.3 is 25.2 Å². The van der Waals surface area contributed by atoms with Crippen LogP contribution in [-0.4, -0.2) is 56.4 Å². The monoisotopic (exact) mass is 324 g/mol. The van der Waals surface area contributed by atoms with Crippen LogP contribution in [0.1, 0.15) is 16.8 Å². The smallest absolute Gasteiger partial charge is 0.305 e. The lowest BCUT2D eigenvalue weighted by Gasteiger charge is -2.07. The Morgan fingerprint density at radius 3 is 2.43 bits per heavy atom. The highest BCUT2D eigenvalue weighted by molar-refractivity contribution is 5.96. The van der Waals surface area contributed by atoms with Crippen molar-refractivity contribution in [3.63, 3.8) is 0 Å². The van der Waals surface area contributed by atoms with Crippen LogP contribution in [0.15, 0.2) is 24.3 Å². The number of rotatable bonds is 10. The number of amides is 2. The normalized spacial score (nSPS) is 10.1. The fourth-order valence-corrected chi connectivity index (χ4v) is 1.59. The van der Waals surface area contributed by atoms with E-state index in [1.807, 2.05) is 0 Å². The molecule has 0 radical (unpaired) electrons. The summed E-state index contributed by atoms with van der Waals surface area (Å²) in [5.41, 5.74) is 0.914. The van der Waals surface area contributed by atoms with Gasteiger partial charge in [-0.05, 0) is 24.3 Å². The average Bonchev–Trinajstić information content (AvgIpc) is 2.52. The van der Waals surface area contributed by atoms with Crippen molar-refractivity contribution >= 4 is 23.5 Å². The Labute approximate surface area is 133 Å². The SMILES string of the molecule is COCCOCC(=O)Nc1ccc(C(=O)NCCC(=O)O)cc1. The third kappa shape index (κ3) is 7.93. The highest BCUT2D eigenvalue weighted by Crippen LogP contribution is 2.09. The molecule has 2 amide bonds. The van der Waals surface area contributed by atoms with Crippen molar-refractivity contribution in [2.45, 2.75) is 6.42 Å². The summed E-state index contributed by atoms with van der Waals surface area (Å²) in [7, 11) is 1.54. The van der Waals surface area contributed by atoms with Crippen LogP contribution in [0.3, 0.4) is 0 Å². The first-order chi connectivity index (χ1) is 11.0. The van der Waals surface area contributed by atoms with Gasteiger partial charge in [-0.3, -0.25) is 14.4 Å². The van der Waals surface area contributed by atoms with Crippen LogP contribution < -0.4 is 10.6 Å². The molecule has 1 aromatic rings. The van der Waals surface area contributed by atoms with Gasteiger partial charge in [0.1, 0.15) is 6.61 Å². The first-order valence-corrected chi connectivity index (χ1v) is 6.99. The number of methoxy groups -OCH3 is 1. The van der Waals surface area contributed by atoms with Gasteiger partial charge in [0.05, 0.1) is 19.6 Å². The molecule has 0 saturated heterocycles. The van der Waals surface area contributed by atoms with E-state index < -0.39 is 5.97 Å². The van der Waals surface area contributed by atoms with Crippen LogP contribution in [0.25, 0.3) is 0 Å². The Kier molecular flexibility index (Phi) is 8.33. The van der Waals surface area contributed by atoms with Gasteiger partial charge in [0.25, 0.3) is 5.91 Å². The van der Waals surface area contributed by atoms with Gasteiger partial charge in [0.2, 0.25) is 5.91 Å². The lowest BCUT2D eigenvalue weighted by atomic mass is 10.2. The van der Waals surface area contributed by atoms with Crippen molar-refractivity contribution in [1.29, 1.82) is 0 Å². The number of carbonyl (C=O) groups excluding carboxylic acids is 2. The molecule has 0 saturated carbocycles. The van der Waals surface area contributed by atoms with Crippen molar-refractivity contribution in [2.75, 3.05) is 38.8 Å². The van der Waals surface area contributed by atoms with Gasteiger partial charge in [-0.25, -0.2) is 0 Å². The van der Waals surface area contributed by atoms with Crippen molar-refractivity contribution in [3.8, 4) is 0 Å². The molecule has 8 nitrogen and oxygen atoms in total. The topological polar surface area (TPSA) is 114 Å². The zero-order valence-electron chi connectivity index (χ0n) is 12.8. The van der Waals surface area contributed by atoms with Crippen LogP contribution in [0, 0.1) is 0 Å². The van der Waals surface area contributed by atoms with Gasteiger partial charge in [-0.15, -0.1) is 0 Å². The summed E-state index contributed by atoms with van der Waals surface area (Å²) in [6.45, 7) is 0.727. The molecule has 1 aromatic carbocycles. The molecule has 0 spiro atoms. The maximum absolute atomic E-state index is 11.7. The Bertz CT molecular complexity index is 529. The zero-order chi connectivity index (χ0) is 17.1. The lowest BCUT2D eigenvalue weighted by Crippen LogP contribution is -2.26. The van der Waals surface area contributed by atoms with E-state index in [2.05, 4.69) is 10.6 Å². The number of hydrogen-bond acceptors (Lipinski definition) is 5. The molecule has 0 atom stereocenters. The minimum absolute atomic E-state index is 0.0610. The highest BCUT2D eigenvalue weighted by Gasteiger charge is 2.07. The van der Waals surface area contributed by atoms with Crippen molar-refractivity contribution in [1.82, 2.24) is 5.32 Å². The number of carboxylic acids is 1. The molecule has 0 aliphatic heterocycles. The third-order valence-corrected chi connectivity index (χ3v) is 2.72. The lowest BCUT2D eigenvalue weighted by molar-refractivity contribution is -0.136. The van der Waals surface area contributed by atoms with Crippen molar-refractivity contribution < 1.29 is 29.0 Å². The van der Waals surface area contributed by atoms with E-state index in [-0.39, 0.29) is 31.4 Å². The largest absolute Gasteiger partial charge is 0.481 e. The predicted molar refractivity (Wildman–Crippen MR) is 82.4 cm³/mol. The predicted octanol–water partition coefficient (Wildman–Crippen LogP) is 0.493. The maximum Gasteiger partial charge on any atom is 0.305 e. The number of carbonyl (C=O) groups is 3.